The molecule has 0 saturated heterocycles. The predicted molar refractivity (Wildman–Crippen MR) is 60.2 cm³/mol. The molecule has 4 N–H and O–H groups in total. The van der Waals surface area contributed by atoms with Gasteiger partial charge in [0.05, 0.1) is 0 Å². The van der Waals surface area contributed by atoms with E-state index < -0.39 is 19.1 Å². The molecule has 6 heteroatoms. The molecule has 0 fully saturated rings. The van der Waals surface area contributed by atoms with E-state index in [9.17, 15) is 4.79 Å². The number of carboxylic acid groups (broad SMARTS) is 1. The molecule has 1 atom stereocenters. The monoisotopic (exact) mass is 223 g/mol. The summed E-state index contributed by atoms with van der Waals surface area (Å²) in [4.78, 5) is 10.6. The van der Waals surface area contributed by atoms with Crippen molar-refractivity contribution in [1.29, 1.82) is 0 Å². The van der Waals surface area contributed by atoms with Gasteiger partial charge >= 0.3 is 13.1 Å². The van der Waals surface area contributed by atoms with E-state index in [0.717, 1.165) is 5.56 Å². The lowest BCUT2D eigenvalue weighted by atomic mass is 9.79. The van der Waals surface area contributed by atoms with Crippen LogP contribution in [0.15, 0.2) is 24.3 Å². The normalized spacial score (nSPS) is 12.2. The van der Waals surface area contributed by atoms with Crippen LogP contribution < -0.4 is 10.8 Å². The average Bonchev–Trinajstić information content (AvgIpc) is 2.26. The van der Waals surface area contributed by atoms with Crippen molar-refractivity contribution in [2.24, 2.45) is 0 Å². The standard InChI is InChI=1S/C10H14BNO4/c1-7(10(13)14)12-6-8-3-2-4-9(5-8)11(15)16/h2-5,7,12,15-16H,6H2,1H3,(H,13,14)/t7-/m0/s1. The van der Waals surface area contributed by atoms with Gasteiger partial charge in [-0.15, -0.1) is 0 Å². The molecule has 16 heavy (non-hydrogen) atoms. The first kappa shape index (κ1) is 12.7. The van der Waals surface area contributed by atoms with Crippen LogP contribution in [0.2, 0.25) is 0 Å². The van der Waals surface area contributed by atoms with Crippen LogP contribution in [0.3, 0.4) is 0 Å². The summed E-state index contributed by atoms with van der Waals surface area (Å²) in [5, 5.41) is 29.4. The lowest BCUT2D eigenvalue weighted by Crippen LogP contribution is -2.34. The molecule has 1 rings (SSSR count). The molecule has 0 aliphatic heterocycles. The Labute approximate surface area is 93.9 Å². The second-order valence-corrected chi connectivity index (χ2v) is 3.56. The first-order valence-corrected chi connectivity index (χ1v) is 4.92. The van der Waals surface area contributed by atoms with Gasteiger partial charge < -0.3 is 20.5 Å². The highest BCUT2D eigenvalue weighted by Crippen LogP contribution is 1.97. The molecule has 0 aliphatic rings. The van der Waals surface area contributed by atoms with Crippen molar-refractivity contribution in [2.75, 3.05) is 0 Å². The third kappa shape index (κ3) is 3.65. The van der Waals surface area contributed by atoms with E-state index in [0.29, 0.717) is 12.0 Å². The number of rotatable bonds is 5. The van der Waals surface area contributed by atoms with Crippen LogP contribution in [0.1, 0.15) is 12.5 Å². The maximum atomic E-state index is 10.6. The van der Waals surface area contributed by atoms with Crippen LogP contribution >= 0.6 is 0 Å². The molecule has 0 aliphatic carbocycles. The molecule has 1 aromatic carbocycles. The lowest BCUT2D eigenvalue weighted by Gasteiger charge is -2.09. The number of nitrogens with one attached hydrogen (secondary N) is 1. The second-order valence-electron chi connectivity index (χ2n) is 3.56. The summed E-state index contributed by atoms with van der Waals surface area (Å²) in [6.45, 7) is 1.92. The maximum Gasteiger partial charge on any atom is 0.488 e. The minimum absolute atomic E-state index is 0.369. The van der Waals surface area contributed by atoms with Gasteiger partial charge in [0.2, 0.25) is 0 Å². The minimum Gasteiger partial charge on any atom is -0.480 e. The maximum absolute atomic E-state index is 10.6. The zero-order valence-electron chi connectivity index (χ0n) is 8.92. The largest absolute Gasteiger partial charge is 0.488 e. The van der Waals surface area contributed by atoms with Crippen molar-refractivity contribution < 1.29 is 19.9 Å². The third-order valence-corrected chi connectivity index (χ3v) is 2.23. The van der Waals surface area contributed by atoms with Gasteiger partial charge in [-0.3, -0.25) is 4.79 Å². The number of hydrogen-bond acceptors (Lipinski definition) is 4. The second kappa shape index (κ2) is 5.65. The molecule has 1 aromatic rings. The topological polar surface area (TPSA) is 89.8 Å². The Morgan fingerprint density at radius 3 is 2.75 bits per heavy atom. The molecule has 0 unspecified atom stereocenters. The molecule has 5 nitrogen and oxygen atoms in total. The molecule has 0 aromatic heterocycles. The van der Waals surface area contributed by atoms with E-state index in [1.54, 1.807) is 31.2 Å². The Balaban J connectivity index is 2.60. The minimum atomic E-state index is -1.50. The van der Waals surface area contributed by atoms with Gasteiger partial charge in [0.1, 0.15) is 6.04 Å². The average molecular weight is 223 g/mol. The number of hydrogen-bond donors (Lipinski definition) is 4. The Morgan fingerprint density at radius 1 is 1.50 bits per heavy atom. The van der Waals surface area contributed by atoms with Crippen LogP contribution in [-0.4, -0.2) is 34.3 Å². The van der Waals surface area contributed by atoms with Crippen molar-refractivity contribution in [3.63, 3.8) is 0 Å². The number of carboxylic acids is 1. The van der Waals surface area contributed by atoms with Gasteiger partial charge in [-0.05, 0) is 17.9 Å². The van der Waals surface area contributed by atoms with E-state index in [1.807, 2.05) is 0 Å². The summed E-state index contributed by atoms with van der Waals surface area (Å²) in [5.41, 5.74) is 1.20. The van der Waals surface area contributed by atoms with Crippen molar-refractivity contribution in [3.05, 3.63) is 29.8 Å². The van der Waals surface area contributed by atoms with Gasteiger partial charge in [0, 0.05) is 6.54 Å². The molecule has 0 radical (unpaired) electrons. The fraction of sp³-hybridized carbons (Fsp3) is 0.300. The van der Waals surface area contributed by atoms with Crippen molar-refractivity contribution in [2.45, 2.75) is 19.5 Å². The van der Waals surface area contributed by atoms with Crippen molar-refractivity contribution in [3.8, 4) is 0 Å². The van der Waals surface area contributed by atoms with E-state index >= 15 is 0 Å². The van der Waals surface area contributed by atoms with Crippen LogP contribution in [0, 0.1) is 0 Å². The van der Waals surface area contributed by atoms with Crippen LogP contribution in [0.4, 0.5) is 0 Å². The first-order valence-electron chi connectivity index (χ1n) is 4.92. The molecular formula is C10H14BNO4. The van der Waals surface area contributed by atoms with Crippen LogP contribution in [0.25, 0.3) is 0 Å². The Bertz CT molecular complexity index is 370. The molecule has 0 heterocycles. The predicted octanol–water partition coefficient (Wildman–Crippen LogP) is -1.07. The SMILES string of the molecule is C[C@H](NCc1cccc(B(O)O)c1)C(=O)O. The number of carbonyl (C=O) groups is 1. The number of aliphatic carboxylic acids is 1. The van der Waals surface area contributed by atoms with E-state index in [4.69, 9.17) is 15.2 Å². The molecular weight excluding hydrogens is 209 g/mol. The summed E-state index contributed by atoms with van der Waals surface area (Å²) in [6.07, 6.45) is 0. The zero-order chi connectivity index (χ0) is 12.1. The molecule has 0 saturated carbocycles. The number of benzene rings is 1. The zero-order valence-corrected chi connectivity index (χ0v) is 8.92. The van der Waals surface area contributed by atoms with Crippen LogP contribution in [-0.2, 0) is 11.3 Å². The summed E-state index contributed by atoms with van der Waals surface area (Å²) >= 11 is 0. The summed E-state index contributed by atoms with van der Waals surface area (Å²) in [6, 6.07) is 6.05. The third-order valence-electron chi connectivity index (χ3n) is 2.23. The fourth-order valence-corrected chi connectivity index (χ4v) is 1.22. The molecule has 0 bridgehead atoms. The Hall–Kier alpha value is -1.37. The first-order chi connectivity index (χ1) is 7.50. The van der Waals surface area contributed by atoms with Gasteiger partial charge in [0.25, 0.3) is 0 Å². The molecule has 0 spiro atoms. The summed E-state index contributed by atoms with van der Waals surface area (Å²) in [7, 11) is -1.50. The van der Waals surface area contributed by atoms with E-state index in [2.05, 4.69) is 5.32 Å². The van der Waals surface area contributed by atoms with E-state index in [1.165, 1.54) is 0 Å². The highest BCUT2D eigenvalue weighted by atomic mass is 16.4. The van der Waals surface area contributed by atoms with Gasteiger partial charge in [0.15, 0.2) is 0 Å². The fourth-order valence-electron chi connectivity index (χ4n) is 1.22. The lowest BCUT2D eigenvalue weighted by molar-refractivity contribution is -0.139. The summed E-state index contributed by atoms with van der Waals surface area (Å²) < 4.78 is 0. The van der Waals surface area contributed by atoms with E-state index in [-0.39, 0.29) is 0 Å². The van der Waals surface area contributed by atoms with Gasteiger partial charge in [-0.1, -0.05) is 24.3 Å². The Morgan fingerprint density at radius 2 is 2.19 bits per heavy atom. The smallest absolute Gasteiger partial charge is 0.480 e. The van der Waals surface area contributed by atoms with Gasteiger partial charge in [-0.25, -0.2) is 0 Å². The van der Waals surface area contributed by atoms with Crippen molar-refractivity contribution in [1.82, 2.24) is 5.32 Å². The quantitative estimate of drug-likeness (QED) is 0.477. The highest BCUT2D eigenvalue weighted by Gasteiger charge is 2.12. The van der Waals surface area contributed by atoms with Crippen molar-refractivity contribution >= 4 is 18.6 Å². The summed E-state index contributed by atoms with van der Waals surface area (Å²) in [5.74, 6) is -0.918. The molecule has 0 amide bonds. The highest BCUT2D eigenvalue weighted by molar-refractivity contribution is 6.58. The van der Waals surface area contributed by atoms with Crippen LogP contribution in [0.5, 0.6) is 0 Å². The Kier molecular flexibility index (Phi) is 4.48. The molecule has 86 valence electrons. The van der Waals surface area contributed by atoms with Gasteiger partial charge in [-0.2, -0.15) is 0 Å².